The van der Waals surface area contributed by atoms with Gasteiger partial charge in [0.2, 0.25) is 5.89 Å². The molecule has 3 aromatic rings. The summed E-state index contributed by atoms with van der Waals surface area (Å²) in [6.45, 7) is 3.86. The van der Waals surface area contributed by atoms with Gasteiger partial charge < -0.3 is 14.3 Å². The van der Waals surface area contributed by atoms with Gasteiger partial charge in [-0.05, 0) is 36.6 Å². The van der Waals surface area contributed by atoms with Crippen LogP contribution < -0.4 is 9.80 Å². The molecule has 3 aromatic heterocycles. The van der Waals surface area contributed by atoms with E-state index in [1.165, 1.54) is 0 Å². The van der Waals surface area contributed by atoms with Crippen LogP contribution in [0, 0.1) is 0 Å². The summed E-state index contributed by atoms with van der Waals surface area (Å²) in [5.74, 6) is 3.12. The minimum Gasteiger partial charge on any atom is -0.356 e. The molecule has 0 N–H and O–H groups in total. The molecule has 1 saturated heterocycles. The summed E-state index contributed by atoms with van der Waals surface area (Å²) < 4.78 is 5.52. The fourth-order valence-corrected chi connectivity index (χ4v) is 3.40. The Morgan fingerprint density at radius 2 is 2.11 bits per heavy atom. The van der Waals surface area contributed by atoms with Gasteiger partial charge >= 0.3 is 0 Å². The Hall–Kier alpha value is -3.03. The third-order valence-electron chi connectivity index (χ3n) is 4.95. The Kier molecular flexibility index (Phi) is 5.18. The van der Waals surface area contributed by atoms with Crippen molar-refractivity contribution in [3.8, 4) is 11.5 Å². The van der Waals surface area contributed by atoms with Gasteiger partial charge in [0.05, 0.1) is 5.92 Å². The molecule has 8 nitrogen and oxygen atoms in total. The van der Waals surface area contributed by atoms with E-state index in [4.69, 9.17) is 9.51 Å². The monoisotopic (exact) mass is 379 g/mol. The van der Waals surface area contributed by atoms with Gasteiger partial charge in [-0.3, -0.25) is 4.98 Å². The van der Waals surface area contributed by atoms with Crippen LogP contribution in [0.1, 0.15) is 37.3 Å². The van der Waals surface area contributed by atoms with Crippen LogP contribution in [0.3, 0.4) is 0 Å². The third-order valence-corrected chi connectivity index (χ3v) is 4.95. The number of pyridine rings is 1. The molecule has 8 heteroatoms. The number of aryl methyl sites for hydroxylation is 1. The zero-order chi connectivity index (χ0) is 19.5. The van der Waals surface area contributed by atoms with Gasteiger partial charge in [-0.15, -0.1) is 0 Å². The van der Waals surface area contributed by atoms with E-state index < -0.39 is 0 Å². The first-order valence-corrected chi connectivity index (χ1v) is 9.69. The summed E-state index contributed by atoms with van der Waals surface area (Å²) in [6, 6.07) is 7.88. The molecule has 4 rings (SSSR count). The molecule has 0 bridgehead atoms. The Balaban J connectivity index is 1.60. The molecule has 0 aliphatic carbocycles. The van der Waals surface area contributed by atoms with E-state index in [1.54, 1.807) is 6.20 Å². The van der Waals surface area contributed by atoms with Crippen LogP contribution in [-0.2, 0) is 6.42 Å². The van der Waals surface area contributed by atoms with Crippen molar-refractivity contribution in [3.05, 3.63) is 42.0 Å². The molecule has 0 aromatic carbocycles. The molecule has 1 atom stereocenters. The fourth-order valence-electron chi connectivity index (χ4n) is 3.40. The molecule has 0 radical (unpaired) electrons. The lowest BCUT2D eigenvalue weighted by atomic mass is 9.98. The second-order valence-electron chi connectivity index (χ2n) is 7.22. The summed E-state index contributed by atoms with van der Waals surface area (Å²) in [5, 5.41) is 4.06. The van der Waals surface area contributed by atoms with Crippen LogP contribution in [0.5, 0.6) is 0 Å². The lowest BCUT2D eigenvalue weighted by molar-refractivity contribution is 0.332. The van der Waals surface area contributed by atoms with Crippen LogP contribution >= 0.6 is 0 Å². The van der Waals surface area contributed by atoms with Crippen molar-refractivity contribution < 1.29 is 4.52 Å². The van der Waals surface area contributed by atoms with Gasteiger partial charge in [0.1, 0.15) is 11.5 Å². The van der Waals surface area contributed by atoms with Crippen molar-refractivity contribution in [1.29, 1.82) is 0 Å². The maximum Gasteiger partial charge on any atom is 0.265 e. The molecule has 4 heterocycles. The van der Waals surface area contributed by atoms with Crippen LogP contribution in [0.4, 0.5) is 11.8 Å². The topological polar surface area (TPSA) is 84.1 Å². The lowest BCUT2D eigenvalue weighted by Crippen LogP contribution is -2.35. The highest BCUT2D eigenvalue weighted by Gasteiger charge is 2.27. The normalized spacial score (nSPS) is 17.0. The zero-order valence-electron chi connectivity index (χ0n) is 16.5. The molecule has 0 amide bonds. The van der Waals surface area contributed by atoms with E-state index in [9.17, 15) is 0 Å². The zero-order valence-corrected chi connectivity index (χ0v) is 16.5. The first-order chi connectivity index (χ1) is 13.6. The van der Waals surface area contributed by atoms with Crippen LogP contribution in [0.25, 0.3) is 11.5 Å². The average molecular weight is 379 g/mol. The molecular weight excluding hydrogens is 354 g/mol. The lowest BCUT2D eigenvalue weighted by Gasteiger charge is -2.32. The van der Waals surface area contributed by atoms with Gasteiger partial charge in [-0.1, -0.05) is 13.0 Å². The minimum absolute atomic E-state index is 0.202. The summed E-state index contributed by atoms with van der Waals surface area (Å²) in [6.07, 6.45) is 4.70. The second-order valence-corrected chi connectivity index (χ2v) is 7.22. The Bertz CT molecular complexity index is 925. The SMILES string of the molecule is CCc1cc(N2CCCC(c3nc(N(C)C)no3)C2)nc(-c2ccccn2)n1. The van der Waals surface area contributed by atoms with Crippen molar-refractivity contribution in [1.82, 2.24) is 25.1 Å². The second kappa shape index (κ2) is 7.92. The molecule has 1 aliphatic rings. The van der Waals surface area contributed by atoms with Gasteiger partial charge in [0.25, 0.3) is 5.95 Å². The molecule has 1 unspecified atom stereocenters. The van der Waals surface area contributed by atoms with E-state index in [-0.39, 0.29) is 5.92 Å². The predicted molar refractivity (Wildman–Crippen MR) is 107 cm³/mol. The smallest absolute Gasteiger partial charge is 0.265 e. The fraction of sp³-hybridized carbons (Fsp3) is 0.450. The van der Waals surface area contributed by atoms with E-state index in [0.29, 0.717) is 17.7 Å². The minimum atomic E-state index is 0.202. The van der Waals surface area contributed by atoms with E-state index in [0.717, 1.165) is 49.6 Å². The number of nitrogens with zero attached hydrogens (tertiary/aromatic N) is 7. The van der Waals surface area contributed by atoms with Crippen molar-refractivity contribution in [3.63, 3.8) is 0 Å². The number of aromatic nitrogens is 5. The summed E-state index contributed by atoms with van der Waals surface area (Å²) in [7, 11) is 3.82. The van der Waals surface area contributed by atoms with Gasteiger partial charge in [0.15, 0.2) is 5.82 Å². The average Bonchev–Trinajstić information content (AvgIpc) is 3.25. The summed E-state index contributed by atoms with van der Waals surface area (Å²) in [4.78, 5) is 22.6. The predicted octanol–water partition coefficient (Wildman–Crippen LogP) is 2.93. The maximum atomic E-state index is 5.52. The molecule has 146 valence electrons. The van der Waals surface area contributed by atoms with Gasteiger partial charge in [-0.2, -0.15) is 4.98 Å². The number of rotatable bonds is 5. The third kappa shape index (κ3) is 3.81. The number of hydrogen-bond acceptors (Lipinski definition) is 8. The quantitative estimate of drug-likeness (QED) is 0.669. The van der Waals surface area contributed by atoms with Gasteiger partial charge in [-0.25, -0.2) is 9.97 Å². The highest BCUT2D eigenvalue weighted by molar-refractivity contribution is 5.54. The number of piperidine rings is 1. The van der Waals surface area contributed by atoms with Crippen LogP contribution in [-0.4, -0.2) is 52.3 Å². The van der Waals surface area contributed by atoms with Crippen LogP contribution in [0.2, 0.25) is 0 Å². The first-order valence-electron chi connectivity index (χ1n) is 9.69. The van der Waals surface area contributed by atoms with Crippen molar-refractivity contribution >= 4 is 11.8 Å². The molecular formula is C20H25N7O. The van der Waals surface area contributed by atoms with E-state index in [1.807, 2.05) is 37.2 Å². The number of anilines is 2. The number of hydrogen-bond donors (Lipinski definition) is 0. The van der Waals surface area contributed by atoms with Gasteiger partial charge in [0, 0.05) is 45.1 Å². The molecule has 0 saturated carbocycles. The van der Waals surface area contributed by atoms with Crippen molar-refractivity contribution in [2.45, 2.75) is 32.1 Å². The highest BCUT2D eigenvalue weighted by Crippen LogP contribution is 2.30. The van der Waals surface area contributed by atoms with Crippen molar-refractivity contribution in [2.24, 2.45) is 0 Å². The van der Waals surface area contributed by atoms with E-state index >= 15 is 0 Å². The largest absolute Gasteiger partial charge is 0.356 e. The summed E-state index contributed by atoms with van der Waals surface area (Å²) in [5.41, 5.74) is 1.81. The molecule has 28 heavy (non-hydrogen) atoms. The molecule has 0 spiro atoms. The first kappa shape index (κ1) is 18.3. The Morgan fingerprint density at radius 3 is 2.82 bits per heavy atom. The maximum absolute atomic E-state index is 5.52. The van der Waals surface area contributed by atoms with Crippen molar-refractivity contribution in [2.75, 3.05) is 37.0 Å². The molecule has 1 fully saturated rings. The van der Waals surface area contributed by atoms with E-state index in [2.05, 4.69) is 38.0 Å². The Morgan fingerprint density at radius 1 is 1.21 bits per heavy atom. The highest BCUT2D eigenvalue weighted by atomic mass is 16.5. The Labute approximate surface area is 164 Å². The molecule has 1 aliphatic heterocycles. The van der Waals surface area contributed by atoms with Crippen LogP contribution in [0.15, 0.2) is 35.0 Å². The summed E-state index contributed by atoms with van der Waals surface area (Å²) >= 11 is 0. The standard InChI is InChI=1S/C20H25N7O/c1-4-15-12-17(23-18(22-15)16-9-5-6-10-21-16)27-11-7-8-14(13-27)19-24-20(25-28-19)26(2)3/h5-6,9-10,12,14H,4,7-8,11,13H2,1-3H3.